The third-order valence-electron chi connectivity index (χ3n) is 2.51. The Morgan fingerprint density at radius 3 is 2.94 bits per heavy atom. The highest BCUT2D eigenvalue weighted by Crippen LogP contribution is 2.24. The number of rotatable bonds is 3. The first-order valence-corrected chi connectivity index (χ1v) is 5.79. The average Bonchev–Trinajstić information content (AvgIpc) is 2.60. The fourth-order valence-electron chi connectivity index (χ4n) is 1.84. The number of aromatic nitrogens is 3. The van der Waals surface area contributed by atoms with Gasteiger partial charge in [0.2, 0.25) is 0 Å². The topological polar surface area (TPSA) is 56.7 Å². The molecule has 0 aliphatic carbocycles. The first kappa shape index (κ1) is 11.4. The number of pyridine rings is 1. The van der Waals surface area contributed by atoms with E-state index in [4.69, 9.17) is 17.3 Å². The molecule has 1 atom stereocenters. The predicted molar refractivity (Wildman–Crippen MR) is 65.4 cm³/mol. The molecule has 2 aromatic rings. The summed E-state index contributed by atoms with van der Waals surface area (Å²) in [5, 5.41) is 0.439. The summed E-state index contributed by atoms with van der Waals surface area (Å²) in [5.41, 5.74) is 7.66. The van der Waals surface area contributed by atoms with Gasteiger partial charge in [-0.25, -0.2) is 9.97 Å². The second-order valence-electron chi connectivity index (χ2n) is 3.88. The molecule has 2 N–H and O–H groups in total. The molecule has 16 heavy (non-hydrogen) atoms. The summed E-state index contributed by atoms with van der Waals surface area (Å²) in [6, 6.07) is 1.82. The SMILES string of the molecule is CCCn1c(C(C)N)nc2c(Cl)nccc21. The first-order valence-electron chi connectivity index (χ1n) is 5.41. The summed E-state index contributed by atoms with van der Waals surface area (Å²) in [7, 11) is 0. The molecule has 4 nitrogen and oxygen atoms in total. The van der Waals surface area contributed by atoms with E-state index in [1.54, 1.807) is 6.20 Å². The van der Waals surface area contributed by atoms with Gasteiger partial charge < -0.3 is 10.3 Å². The number of fused-ring (bicyclic) bond motifs is 1. The van der Waals surface area contributed by atoms with E-state index in [-0.39, 0.29) is 6.04 Å². The van der Waals surface area contributed by atoms with Crippen LogP contribution in [0.2, 0.25) is 5.15 Å². The van der Waals surface area contributed by atoms with Gasteiger partial charge in [-0.05, 0) is 19.4 Å². The fraction of sp³-hybridized carbons (Fsp3) is 0.455. The lowest BCUT2D eigenvalue weighted by Crippen LogP contribution is -2.13. The Morgan fingerprint density at radius 1 is 1.56 bits per heavy atom. The Bertz CT molecular complexity index is 504. The van der Waals surface area contributed by atoms with Crippen LogP contribution in [-0.4, -0.2) is 14.5 Å². The van der Waals surface area contributed by atoms with E-state index in [2.05, 4.69) is 21.5 Å². The van der Waals surface area contributed by atoms with E-state index >= 15 is 0 Å². The molecule has 0 radical (unpaired) electrons. The van der Waals surface area contributed by atoms with Crippen molar-refractivity contribution < 1.29 is 0 Å². The molecule has 0 aliphatic heterocycles. The van der Waals surface area contributed by atoms with Crippen LogP contribution in [-0.2, 0) is 6.54 Å². The largest absolute Gasteiger partial charge is 0.327 e. The molecule has 1 unspecified atom stereocenters. The summed E-state index contributed by atoms with van der Waals surface area (Å²) in [5.74, 6) is 0.867. The first-order chi connectivity index (χ1) is 7.65. The minimum absolute atomic E-state index is 0.102. The summed E-state index contributed by atoms with van der Waals surface area (Å²) in [6.45, 7) is 4.95. The Kier molecular flexibility index (Phi) is 3.12. The van der Waals surface area contributed by atoms with Crippen molar-refractivity contribution >= 4 is 22.6 Å². The van der Waals surface area contributed by atoms with Gasteiger partial charge in [-0.2, -0.15) is 0 Å². The molecule has 2 rings (SSSR count). The van der Waals surface area contributed by atoms with E-state index < -0.39 is 0 Å². The highest BCUT2D eigenvalue weighted by Gasteiger charge is 2.15. The summed E-state index contributed by atoms with van der Waals surface area (Å²) >= 11 is 6.02. The smallest absolute Gasteiger partial charge is 0.156 e. The van der Waals surface area contributed by atoms with Gasteiger partial charge in [0.25, 0.3) is 0 Å². The van der Waals surface area contributed by atoms with Crippen LogP contribution in [0.4, 0.5) is 0 Å². The van der Waals surface area contributed by atoms with Crippen molar-refractivity contribution in [1.82, 2.24) is 14.5 Å². The van der Waals surface area contributed by atoms with Gasteiger partial charge >= 0.3 is 0 Å². The normalized spacial score (nSPS) is 13.2. The van der Waals surface area contributed by atoms with Gasteiger partial charge in [0.15, 0.2) is 5.15 Å². The van der Waals surface area contributed by atoms with Gasteiger partial charge in [0, 0.05) is 12.7 Å². The molecular formula is C11H15ClN4. The van der Waals surface area contributed by atoms with Crippen molar-refractivity contribution in [2.45, 2.75) is 32.9 Å². The number of halogens is 1. The minimum atomic E-state index is -0.102. The van der Waals surface area contributed by atoms with Gasteiger partial charge in [-0.15, -0.1) is 0 Å². The number of nitrogens with two attached hydrogens (primary N) is 1. The lowest BCUT2D eigenvalue weighted by molar-refractivity contribution is 0.613. The number of hydrogen-bond acceptors (Lipinski definition) is 3. The Balaban J connectivity index is 2.70. The number of nitrogens with zero attached hydrogens (tertiary/aromatic N) is 3. The van der Waals surface area contributed by atoms with Crippen LogP contribution in [0.3, 0.4) is 0 Å². The molecule has 0 fully saturated rings. The van der Waals surface area contributed by atoms with Crippen LogP contribution in [0.1, 0.15) is 32.1 Å². The zero-order valence-corrected chi connectivity index (χ0v) is 10.2. The third kappa shape index (κ3) is 1.79. The third-order valence-corrected chi connectivity index (χ3v) is 2.78. The highest BCUT2D eigenvalue weighted by molar-refractivity contribution is 6.33. The molecule has 86 valence electrons. The Morgan fingerprint density at radius 2 is 2.31 bits per heavy atom. The minimum Gasteiger partial charge on any atom is -0.327 e. The molecular weight excluding hydrogens is 224 g/mol. The van der Waals surface area contributed by atoms with Crippen molar-refractivity contribution in [3.8, 4) is 0 Å². The van der Waals surface area contributed by atoms with Crippen molar-refractivity contribution in [2.75, 3.05) is 0 Å². The summed E-state index contributed by atoms with van der Waals surface area (Å²) < 4.78 is 2.12. The highest BCUT2D eigenvalue weighted by atomic mass is 35.5. The summed E-state index contributed by atoms with van der Waals surface area (Å²) in [4.78, 5) is 8.50. The molecule has 2 aromatic heterocycles. The lowest BCUT2D eigenvalue weighted by atomic mass is 10.3. The van der Waals surface area contributed by atoms with Crippen molar-refractivity contribution in [2.24, 2.45) is 5.73 Å². The Labute approximate surface area is 99.4 Å². The maximum absolute atomic E-state index is 6.02. The fourth-order valence-corrected chi connectivity index (χ4v) is 2.04. The lowest BCUT2D eigenvalue weighted by Gasteiger charge is -2.09. The molecule has 0 aliphatic rings. The molecule has 2 heterocycles. The molecule has 5 heteroatoms. The van der Waals surface area contributed by atoms with Crippen LogP contribution < -0.4 is 5.73 Å². The van der Waals surface area contributed by atoms with E-state index in [9.17, 15) is 0 Å². The quantitative estimate of drug-likeness (QED) is 0.836. The monoisotopic (exact) mass is 238 g/mol. The van der Waals surface area contributed by atoms with Gasteiger partial charge in [0.05, 0.1) is 11.6 Å². The van der Waals surface area contributed by atoms with Crippen LogP contribution in [0.15, 0.2) is 12.3 Å². The van der Waals surface area contributed by atoms with E-state index in [0.717, 1.165) is 29.8 Å². The summed E-state index contributed by atoms with van der Waals surface area (Å²) in [6.07, 6.45) is 2.73. The molecule has 0 bridgehead atoms. The van der Waals surface area contributed by atoms with Crippen LogP contribution in [0.5, 0.6) is 0 Å². The number of imidazole rings is 1. The second kappa shape index (κ2) is 4.39. The zero-order valence-electron chi connectivity index (χ0n) is 9.44. The maximum Gasteiger partial charge on any atom is 0.156 e. The number of hydrogen-bond donors (Lipinski definition) is 1. The van der Waals surface area contributed by atoms with Gasteiger partial charge in [-0.3, -0.25) is 0 Å². The predicted octanol–water partition coefficient (Wildman–Crippen LogP) is 2.51. The molecule has 0 spiro atoms. The number of aryl methyl sites for hydroxylation is 1. The van der Waals surface area contributed by atoms with Gasteiger partial charge in [-0.1, -0.05) is 18.5 Å². The Hall–Kier alpha value is -1.13. The van der Waals surface area contributed by atoms with Crippen LogP contribution in [0, 0.1) is 0 Å². The van der Waals surface area contributed by atoms with Gasteiger partial charge in [0.1, 0.15) is 11.3 Å². The van der Waals surface area contributed by atoms with Crippen LogP contribution in [0.25, 0.3) is 11.0 Å². The van der Waals surface area contributed by atoms with Crippen molar-refractivity contribution in [3.05, 3.63) is 23.2 Å². The molecule has 0 saturated heterocycles. The van der Waals surface area contributed by atoms with Crippen LogP contribution >= 0.6 is 11.6 Å². The van der Waals surface area contributed by atoms with Crippen molar-refractivity contribution in [1.29, 1.82) is 0 Å². The van der Waals surface area contributed by atoms with E-state index in [0.29, 0.717) is 5.15 Å². The average molecular weight is 239 g/mol. The van der Waals surface area contributed by atoms with E-state index in [1.807, 2.05) is 13.0 Å². The standard InChI is InChI=1S/C11H15ClN4/c1-3-6-16-8-4-5-14-10(12)9(8)15-11(16)7(2)13/h4-5,7H,3,6,13H2,1-2H3. The zero-order chi connectivity index (χ0) is 11.7. The van der Waals surface area contributed by atoms with Crippen molar-refractivity contribution in [3.63, 3.8) is 0 Å². The van der Waals surface area contributed by atoms with E-state index in [1.165, 1.54) is 0 Å². The molecule has 0 saturated carbocycles. The molecule has 0 amide bonds. The second-order valence-corrected chi connectivity index (χ2v) is 4.24. The molecule has 0 aromatic carbocycles. The maximum atomic E-state index is 6.02.